The summed E-state index contributed by atoms with van der Waals surface area (Å²) in [5.41, 5.74) is 1.31. The number of piperidine rings is 1. The van der Waals surface area contributed by atoms with E-state index in [1.54, 1.807) is 7.11 Å². The molecule has 1 N–H and O–H groups in total. The molecule has 0 bridgehead atoms. The molecule has 19 heavy (non-hydrogen) atoms. The SMILES string of the molecule is COCC(=O)N1CCC(NCc2ccn(C)c2)CC1. The fourth-order valence-electron chi connectivity index (χ4n) is 2.48. The Morgan fingerprint density at radius 2 is 2.21 bits per heavy atom. The minimum atomic E-state index is 0.101. The lowest BCUT2D eigenvalue weighted by molar-refractivity contribution is -0.136. The Hall–Kier alpha value is -1.33. The summed E-state index contributed by atoms with van der Waals surface area (Å²) in [6, 6.07) is 2.64. The van der Waals surface area contributed by atoms with E-state index in [2.05, 4.69) is 28.3 Å². The van der Waals surface area contributed by atoms with Gasteiger partial charge in [0.05, 0.1) is 0 Å². The highest BCUT2D eigenvalue weighted by Crippen LogP contribution is 2.11. The maximum Gasteiger partial charge on any atom is 0.248 e. The van der Waals surface area contributed by atoms with Crippen LogP contribution >= 0.6 is 0 Å². The van der Waals surface area contributed by atoms with Gasteiger partial charge in [0.2, 0.25) is 5.91 Å². The van der Waals surface area contributed by atoms with Crippen LogP contribution in [0.2, 0.25) is 0 Å². The van der Waals surface area contributed by atoms with Gasteiger partial charge in [-0.15, -0.1) is 0 Å². The van der Waals surface area contributed by atoms with Crippen molar-refractivity contribution in [2.24, 2.45) is 7.05 Å². The maximum atomic E-state index is 11.7. The molecule has 1 aliphatic heterocycles. The second-order valence-corrected chi connectivity index (χ2v) is 5.15. The molecule has 0 unspecified atom stereocenters. The van der Waals surface area contributed by atoms with Crippen LogP contribution in [-0.2, 0) is 23.1 Å². The average molecular weight is 265 g/mol. The van der Waals surface area contributed by atoms with Crippen molar-refractivity contribution in [1.29, 1.82) is 0 Å². The number of likely N-dealkylation sites (tertiary alicyclic amines) is 1. The second-order valence-electron chi connectivity index (χ2n) is 5.15. The number of hydrogen-bond donors (Lipinski definition) is 1. The summed E-state index contributed by atoms with van der Waals surface area (Å²) in [6.45, 7) is 2.75. The molecule has 1 saturated heterocycles. The molecular formula is C14H23N3O2. The van der Waals surface area contributed by atoms with E-state index < -0.39 is 0 Å². The molecule has 1 fully saturated rings. The zero-order chi connectivity index (χ0) is 13.7. The monoisotopic (exact) mass is 265 g/mol. The largest absolute Gasteiger partial charge is 0.375 e. The Kier molecular flexibility index (Phi) is 4.99. The maximum absolute atomic E-state index is 11.7. The Labute approximate surface area is 114 Å². The molecule has 1 amide bonds. The van der Waals surface area contributed by atoms with Crippen LogP contribution < -0.4 is 5.32 Å². The van der Waals surface area contributed by atoms with E-state index in [1.165, 1.54) is 5.56 Å². The highest BCUT2D eigenvalue weighted by molar-refractivity contribution is 5.77. The molecule has 2 rings (SSSR count). The topological polar surface area (TPSA) is 46.5 Å². The number of methoxy groups -OCH3 is 1. The third-order valence-electron chi connectivity index (χ3n) is 3.60. The second kappa shape index (κ2) is 6.73. The first-order valence-electron chi connectivity index (χ1n) is 6.80. The summed E-state index contributed by atoms with van der Waals surface area (Å²) in [7, 11) is 3.59. The number of nitrogens with zero attached hydrogens (tertiary/aromatic N) is 2. The van der Waals surface area contributed by atoms with Crippen LogP contribution in [-0.4, -0.2) is 48.2 Å². The average Bonchev–Trinajstić information content (AvgIpc) is 2.83. The zero-order valence-electron chi connectivity index (χ0n) is 11.8. The molecule has 0 atom stereocenters. The van der Waals surface area contributed by atoms with Crippen molar-refractivity contribution in [2.45, 2.75) is 25.4 Å². The molecule has 0 saturated carbocycles. The number of rotatable bonds is 5. The van der Waals surface area contributed by atoms with Crippen molar-refractivity contribution < 1.29 is 9.53 Å². The fraction of sp³-hybridized carbons (Fsp3) is 0.643. The van der Waals surface area contributed by atoms with Crippen LogP contribution in [0, 0.1) is 0 Å². The van der Waals surface area contributed by atoms with Crippen molar-refractivity contribution in [3.8, 4) is 0 Å². The Balaban J connectivity index is 1.70. The first-order chi connectivity index (χ1) is 9.19. The van der Waals surface area contributed by atoms with E-state index in [9.17, 15) is 4.79 Å². The third kappa shape index (κ3) is 4.08. The minimum Gasteiger partial charge on any atom is -0.375 e. The van der Waals surface area contributed by atoms with Crippen LogP contribution in [0.4, 0.5) is 0 Å². The Bertz CT molecular complexity index is 409. The van der Waals surface area contributed by atoms with Gasteiger partial charge in [-0.25, -0.2) is 0 Å². The van der Waals surface area contributed by atoms with Crippen molar-refractivity contribution in [1.82, 2.24) is 14.8 Å². The first kappa shape index (κ1) is 14.1. The molecule has 106 valence electrons. The van der Waals surface area contributed by atoms with Gasteiger partial charge < -0.3 is 19.5 Å². The number of carbonyl (C=O) groups is 1. The summed E-state index contributed by atoms with van der Waals surface area (Å²) in [5, 5.41) is 3.56. The predicted octanol–water partition coefficient (Wildman–Crippen LogP) is 0.752. The molecule has 2 heterocycles. The van der Waals surface area contributed by atoms with Gasteiger partial charge in [-0.1, -0.05) is 0 Å². The standard InChI is InChI=1S/C14H23N3O2/c1-16-6-3-12(10-16)9-15-13-4-7-17(8-5-13)14(18)11-19-2/h3,6,10,13,15H,4-5,7-9,11H2,1-2H3. The van der Waals surface area contributed by atoms with Gasteiger partial charge in [0.1, 0.15) is 6.61 Å². The molecule has 0 aliphatic carbocycles. The van der Waals surface area contributed by atoms with Crippen molar-refractivity contribution in [3.05, 3.63) is 24.0 Å². The van der Waals surface area contributed by atoms with E-state index in [0.717, 1.165) is 32.5 Å². The summed E-state index contributed by atoms with van der Waals surface area (Å²) >= 11 is 0. The van der Waals surface area contributed by atoms with Gasteiger partial charge in [0.25, 0.3) is 0 Å². The number of aromatic nitrogens is 1. The number of nitrogens with one attached hydrogen (secondary N) is 1. The van der Waals surface area contributed by atoms with Gasteiger partial charge >= 0.3 is 0 Å². The van der Waals surface area contributed by atoms with E-state index in [-0.39, 0.29) is 12.5 Å². The Morgan fingerprint density at radius 1 is 1.47 bits per heavy atom. The van der Waals surface area contributed by atoms with Crippen LogP contribution in [0.25, 0.3) is 0 Å². The number of aryl methyl sites for hydroxylation is 1. The van der Waals surface area contributed by atoms with E-state index in [1.807, 2.05) is 11.9 Å². The lowest BCUT2D eigenvalue weighted by Gasteiger charge is -2.32. The first-order valence-corrected chi connectivity index (χ1v) is 6.80. The van der Waals surface area contributed by atoms with Gasteiger partial charge in [0, 0.05) is 52.2 Å². The van der Waals surface area contributed by atoms with Crippen molar-refractivity contribution in [2.75, 3.05) is 26.8 Å². The smallest absolute Gasteiger partial charge is 0.248 e. The summed E-state index contributed by atoms with van der Waals surface area (Å²) in [6.07, 6.45) is 6.22. The lowest BCUT2D eigenvalue weighted by Crippen LogP contribution is -2.45. The number of hydrogen-bond acceptors (Lipinski definition) is 3. The van der Waals surface area contributed by atoms with Gasteiger partial charge in [-0.05, 0) is 24.5 Å². The molecule has 5 nitrogen and oxygen atoms in total. The fourth-order valence-corrected chi connectivity index (χ4v) is 2.48. The van der Waals surface area contributed by atoms with Crippen LogP contribution in [0.1, 0.15) is 18.4 Å². The Morgan fingerprint density at radius 3 is 2.79 bits per heavy atom. The molecule has 1 aliphatic rings. The van der Waals surface area contributed by atoms with Crippen molar-refractivity contribution >= 4 is 5.91 Å². The minimum absolute atomic E-state index is 0.101. The molecule has 1 aromatic heterocycles. The number of amides is 1. The molecule has 0 aromatic carbocycles. The van der Waals surface area contributed by atoms with Gasteiger partial charge in [-0.3, -0.25) is 4.79 Å². The normalized spacial score (nSPS) is 16.8. The van der Waals surface area contributed by atoms with Crippen LogP contribution in [0.15, 0.2) is 18.5 Å². The molecular weight excluding hydrogens is 242 g/mol. The molecule has 0 spiro atoms. The molecule has 1 aromatic rings. The summed E-state index contributed by atoms with van der Waals surface area (Å²) in [4.78, 5) is 13.6. The highest BCUT2D eigenvalue weighted by Gasteiger charge is 2.22. The van der Waals surface area contributed by atoms with E-state index in [4.69, 9.17) is 4.74 Å². The quantitative estimate of drug-likeness (QED) is 0.854. The van der Waals surface area contributed by atoms with E-state index >= 15 is 0 Å². The van der Waals surface area contributed by atoms with Gasteiger partial charge in [-0.2, -0.15) is 0 Å². The van der Waals surface area contributed by atoms with Crippen LogP contribution in [0.3, 0.4) is 0 Å². The van der Waals surface area contributed by atoms with Crippen LogP contribution in [0.5, 0.6) is 0 Å². The van der Waals surface area contributed by atoms with Crippen molar-refractivity contribution in [3.63, 3.8) is 0 Å². The number of ether oxygens (including phenoxy) is 1. The summed E-state index contributed by atoms with van der Waals surface area (Å²) in [5.74, 6) is 0.101. The predicted molar refractivity (Wildman–Crippen MR) is 73.7 cm³/mol. The molecule has 0 radical (unpaired) electrons. The van der Waals surface area contributed by atoms with E-state index in [0.29, 0.717) is 6.04 Å². The molecule has 5 heteroatoms. The number of carbonyl (C=O) groups excluding carboxylic acids is 1. The van der Waals surface area contributed by atoms with Gasteiger partial charge in [0.15, 0.2) is 0 Å². The lowest BCUT2D eigenvalue weighted by atomic mass is 10.0. The summed E-state index contributed by atoms with van der Waals surface area (Å²) < 4.78 is 6.94. The zero-order valence-corrected chi connectivity index (χ0v) is 11.8. The highest BCUT2D eigenvalue weighted by atomic mass is 16.5. The third-order valence-corrected chi connectivity index (χ3v) is 3.60.